The third-order valence-corrected chi connectivity index (χ3v) is 6.90. The van der Waals surface area contributed by atoms with Crippen LogP contribution in [-0.4, -0.2) is 36.8 Å². The molecule has 0 spiro atoms. The average molecular weight is 433 g/mol. The molecule has 0 amide bonds. The number of allylic oxidation sites excluding steroid dienone is 4. The van der Waals surface area contributed by atoms with Gasteiger partial charge in [0.1, 0.15) is 0 Å². The molecule has 28 heavy (non-hydrogen) atoms. The molecule has 0 aliphatic heterocycles. The summed E-state index contributed by atoms with van der Waals surface area (Å²) in [5.41, 5.74) is 0. The quantitative estimate of drug-likeness (QED) is 0.320. The minimum absolute atomic E-state index is 0.0129. The summed E-state index contributed by atoms with van der Waals surface area (Å²) < 4.78 is 29.2. The number of hydrogen-bond acceptors (Lipinski definition) is 3. The molecule has 5 nitrogen and oxygen atoms in total. The maximum atomic E-state index is 11.8. The number of rotatable bonds is 14. The number of carbonyl (C=O) groups is 1. The van der Waals surface area contributed by atoms with Crippen LogP contribution in [0.1, 0.15) is 80.1 Å². The van der Waals surface area contributed by atoms with Gasteiger partial charge in [-0.1, -0.05) is 12.2 Å². The third-order valence-electron chi connectivity index (χ3n) is 3.74. The number of ketones is 1. The van der Waals surface area contributed by atoms with Gasteiger partial charge in [0.2, 0.25) is 0 Å². The van der Waals surface area contributed by atoms with Crippen molar-refractivity contribution in [3.63, 3.8) is 0 Å². The van der Waals surface area contributed by atoms with E-state index in [2.05, 4.69) is 9.44 Å². The Kier molecular flexibility index (Phi) is 14.0. The molecule has 0 aliphatic rings. The van der Waals surface area contributed by atoms with Crippen molar-refractivity contribution in [1.82, 2.24) is 9.44 Å². The van der Waals surface area contributed by atoms with Crippen LogP contribution in [-0.2, 0) is 26.8 Å². The van der Waals surface area contributed by atoms with Crippen molar-refractivity contribution < 1.29 is 13.2 Å². The van der Waals surface area contributed by atoms with Crippen LogP contribution in [0.2, 0.25) is 0 Å². The molecule has 0 radical (unpaired) electrons. The highest BCUT2D eigenvalue weighted by molar-refractivity contribution is 7.84. The summed E-state index contributed by atoms with van der Waals surface area (Å²) in [6.45, 7) is 13.1. The SMILES string of the molecule is CC(C)(C)[S@](=O)NCCCC/C=C/C(=O)/C=C/CCCCN[S@@](=O)C(C)(C)C. The van der Waals surface area contributed by atoms with E-state index in [9.17, 15) is 13.2 Å². The fourth-order valence-electron chi connectivity index (χ4n) is 1.99. The van der Waals surface area contributed by atoms with Crippen molar-refractivity contribution >= 4 is 27.8 Å². The van der Waals surface area contributed by atoms with Gasteiger partial charge in [-0.25, -0.2) is 17.9 Å². The van der Waals surface area contributed by atoms with E-state index in [1.807, 2.05) is 53.7 Å². The van der Waals surface area contributed by atoms with E-state index < -0.39 is 22.0 Å². The zero-order chi connectivity index (χ0) is 21.6. The Morgan fingerprint density at radius 2 is 1.07 bits per heavy atom. The Bertz CT molecular complexity index is 511. The van der Waals surface area contributed by atoms with Crippen LogP contribution < -0.4 is 9.44 Å². The summed E-state index contributed by atoms with van der Waals surface area (Å²) in [5.74, 6) is 0.0129. The minimum atomic E-state index is -1.02. The second kappa shape index (κ2) is 14.4. The summed E-state index contributed by atoms with van der Waals surface area (Å²) in [6.07, 6.45) is 12.5. The molecular weight excluding hydrogens is 392 g/mol. The Morgan fingerprint density at radius 3 is 1.39 bits per heavy atom. The van der Waals surface area contributed by atoms with Gasteiger partial charge in [0, 0.05) is 13.1 Å². The highest BCUT2D eigenvalue weighted by Gasteiger charge is 2.19. The van der Waals surface area contributed by atoms with Crippen molar-refractivity contribution in [2.75, 3.05) is 13.1 Å². The molecule has 0 heterocycles. The van der Waals surface area contributed by atoms with Gasteiger partial charge in [0.05, 0.1) is 31.5 Å². The maximum absolute atomic E-state index is 11.8. The zero-order valence-corrected chi connectivity index (χ0v) is 20.1. The van der Waals surface area contributed by atoms with Crippen LogP contribution in [0.5, 0.6) is 0 Å². The topological polar surface area (TPSA) is 75.3 Å². The first-order valence-electron chi connectivity index (χ1n) is 10.1. The fraction of sp³-hybridized carbons (Fsp3) is 0.762. The summed E-state index contributed by atoms with van der Waals surface area (Å²) in [5, 5.41) is 0. The first-order valence-corrected chi connectivity index (χ1v) is 12.4. The first kappa shape index (κ1) is 27.4. The molecular formula is C21H40N2O3S2. The number of hydrogen-bond donors (Lipinski definition) is 2. The van der Waals surface area contributed by atoms with Crippen LogP contribution in [0.25, 0.3) is 0 Å². The van der Waals surface area contributed by atoms with Crippen LogP contribution in [0.4, 0.5) is 0 Å². The lowest BCUT2D eigenvalue weighted by Crippen LogP contribution is -2.33. The second-order valence-electron chi connectivity index (χ2n) is 8.75. The molecule has 0 aliphatic carbocycles. The molecule has 0 saturated carbocycles. The molecule has 2 N–H and O–H groups in total. The van der Waals surface area contributed by atoms with E-state index in [-0.39, 0.29) is 15.3 Å². The van der Waals surface area contributed by atoms with Gasteiger partial charge in [0.25, 0.3) is 0 Å². The van der Waals surface area contributed by atoms with Crippen LogP contribution in [0, 0.1) is 0 Å². The molecule has 0 aromatic carbocycles. The summed E-state index contributed by atoms with van der Waals surface area (Å²) in [6, 6.07) is 0. The molecule has 7 heteroatoms. The molecule has 0 aromatic rings. The van der Waals surface area contributed by atoms with Crippen molar-refractivity contribution in [1.29, 1.82) is 0 Å². The molecule has 0 saturated heterocycles. The molecule has 0 rings (SSSR count). The standard InChI is InChI=1S/C21H40N2O3S2/c1-20(2,3)27(25)22-17-13-9-7-11-15-19(24)16-12-8-10-14-18-23-28(26)21(4,5)6/h11-12,15-16,22-23H,7-10,13-14,17-18H2,1-6H3/b15-11+,16-12+/t27-,28-/m0/s1. The Morgan fingerprint density at radius 1 is 0.714 bits per heavy atom. The Labute approximate surface area is 177 Å². The molecule has 2 atom stereocenters. The molecule has 0 fully saturated rings. The fourth-order valence-corrected chi connectivity index (χ4v) is 3.52. The lowest BCUT2D eigenvalue weighted by Gasteiger charge is -2.17. The second-order valence-corrected chi connectivity index (χ2v) is 12.9. The zero-order valence-electron chi connectivity index (χ0n) is 18.5. The third kappa shape index (κ3) is 15.3. The normalized spacial score (nSPS) is 15.4. The molecule has 0 bridgehead atoms. The van der Waals surface area contributed by atoms with Crippen LogP contribution in [0.15, 0.2) is 24.3 Å². The van der Waals surface area contributed by atoms with E-state index in [0.29, 0.717) is 0 Å². The van der Waals surface area contributed by atoms with Crippen molar-refractivity contribution in [3.8, 4) is 0 Å². The van der Waals surface area contributed by atoms with Crippen molar-refractivity contribution in [2.45, 2.75) is 89.6 Å². The van der Waals surface area contributed by atoms with E-state index >= 15 is 0 Å². The lowest BCUT2D eigenvalue weighted by molar-refractivity contribution is -0.110. The van der Waals surface area contributed by atoms with Crippen LogP contribution >= 0.6 is 0 Å². The largest absolute Gasteiger partial charge is 0.290 e. The maximum Gasteiger partial charge on any atom is 0.177 e. The molecule has 0 aromatic heterocycles. The van der Waals surface area contributed by atoms with Gasteiger partial charge in [0.15, 0.2) is 5.78 Å². The molecule has 164 valence electrons. The smallest absolute Gasteiger partial charge is 0.177 e. The average Bonchev–Trinajstić information content (AvgIpc) is 2.57. The van der Waals surface area contributed by atoms with Gasteiger partial charge >= 0.3 is 0 Å². The van der Waals surface area contributed by atoms with Crippen molar-refractivity contribution in [2.24, 2.45) is 0 Å². The Balaban J connectivity index is 3.70. The Hall–Kier alpha value is -0.630. The minimum Gasteiger partial charge on any atom is -0.290 e. The van der Waals surface area contributed by atoms with Crippen LogP contribution in [0.3, 0.4) is 0 Å². The van der Waals surface area contributed by atoms with Gasteiger partial charge in [-0.05, 0) is 92.2 Å². The van der Waals surface area contributed by atoms with Crippen molar-refractivity contribution in [3.05, 3.63) is 24.3 Å². The van der Waals surface area contributed by atoms with Gasteiger partial charge in [-0.15, -0.1) is 0 Å². The summed E-state index contributed by atoms with van der Waals surface area (Å²) >= 11 is 0. The van der Waals surface area contributed by atoms with E-state index in [0.717, 1.165) is 51.6 Å². The number of carbonyl (C=O) groups excluding carboxylic acids is 1. The summed E-state index contributed by atoms with van der Waals surface area (Å²) in [7, 11) is -2.03. The van der Waals surface area contributed by atoms with Gasteiger partial charge in [-0.3, -0.25) is 4.79 Å². The number of unbranched alkanes of at least 4 members (excludes halogenated alkanes) is 4. The molecule has 0 unspecified atom stereocenters. The number of nitrogens with one attached hydrogen (secondary N) is 2. The van der Waals surface area contributed by atoms with Gasteiger partial charge in [-0.2, -0.15) is 0 Å². The van der Waals surface area contributed by atoms with Gasteiger partial charge < -0.3 is 0 Å². The highest BCUT2D eigenvalue weighted by Crippen LogP contribution is 2.09. The monoisotopic (exact) mass is 432 g/mol. The predicted molar refractivity (Wildman–Crippen MR) is 123 cm³/mol. The first-order chi connectivity index (χ1) is 12.9. The predicted octanol–water partition coefficient (Wildman–Crippen LogP) is 4.11. The highest BCUT2D eigenvalue weighted by atomic mass is 32.2. The van der Waals surface area contributed by atoms with E-state index in [1.54, 1.807) is 12.2 Å². The summed E-state index contributed by atoms with van der Waals surface area (Å²) in [4.78, 5) is 11.7. The van der Waals surface area contributed by atoms with E-state index in [1.165, 1.54) is 0 Å². The van der Waals surface area contributed by atoms with E-state index in [4.69, 9.17) is 0 Å². The lowest BCUT2D eigenvalue weighted by atomic mass is 10.2.